The lowest BCUT2D eigenvalue weighted by atomic mass is 10.2. The molecule has 0 radical (unpaired) electrons. The highest BCUT2D eigenvalue weighted by molar-refractivity contribution is 7.92. The molecule has 0 spiro atoms. The first kappa shape index (κ1) is 15.7. The van der Waals surface area contributed by atoms with E-state index in [-0.39, 0.29) is 23.2 Å². The van der Waals surface area contributed by atoms with Crippen LogP contribution in [0.25, 0.3) is 0 Å². The van der Waals surface area contributed by atoms with Crippen LogP contribution in [0.4, 0.5) is 11.4 Å². The summed E-state index contributed by atoms with van der Waals surface area (Å²) >= 11 is 5.57. The molecule has 6 nitrogen and oxygen atoms in total. The average molecular weight is 307 g/mol. The number of nitrogens with one attached hydrogen (secondary N) is 1. The van der Waals surface area contributed by atoms with Gasteiger partial charge in [-0.3, -0.25) is 14.8 Å². The van der Waals surface area contributed by atoms with Crippen molar-refractivity contribution in [3.8, 4) is 0 Å². The lowest BCUT2D eigenvalue weighted by Gasteiger charge is -2.11. The number of anilines is 1. The highest BCUT2D eigenvalue weighted by Crippen LogP contribution is 2.22. The molecule has 1 unspecified atom stereocenters. The van der Waals surface area contributed by atoms with Gasteiger partial charge in [0.1, 0.15) is 0 Å². The topological polar surface area (TPSA) is 89.3 Å². The molecule has 0 saturated heterocycles. The Balaban J connectivity index is 2.89. The van der Waals surface area contributed by atoms with Crippen molar-refractivity contribution in [3.63, 3.8) is 0 Å². The molecule has 0 saturated carbocycles. The summed E-state index contributed by atoms with van der Waals surface area (Å²) in [5, 5.41) is 10.7. The fourth-order valence-corrected chi connectivity index (χ4v) is 3.24. The molecule has 1 aromatic rings. The molecule has 106 valence electrons. The van der Waals surface area contributed by atoms with Crippen molar-refractivity contribution in [2.75, 3.05) is 16.4 Å². The molecule has 0 aliphatic heterocycles. The van der Waals surface area contributed by atoms with Gasteiger partial charge in [-0.25, -0.2) is 8.42 Å². The van der Waals surface area contributed by atoms with Gasteiger partial charge in [0.05, 0.1) is 10.7 Å². The van der Waals surface area contributed by atoms with Gasteiger partial charge in [-0.05, 0) is 25.0 Å². The summed E-state index contributed by atoms with van der Waals surface area (Å²) in [6.07, 6.45) is 0. The van der Waals surface area contributed by atoms with Crippen LogP contribution in [0.3, 0.4) is 0 Å². The summed E-state index contributed by atoms with van der Waals surface area (Å²) in [7, 11) is -3.50. The number of sulfonamides is 1. The van der Waals surface area contributed by atoms with Crippen LogP contribution >= 0.6 is 11.6 Å². The van der Waals surface area contributed by atoms with Gasteiger partial charge < -0.3 is 0 Å². The third-order valence-electron chi connectivity index (χ3n) is 2.43. The van der Waals surface area contributed by atoms with Gasteiger partial charge in [0.15, 0.2) is 0 Å². The minimum atomic E-state index is -3.50. The number of nitro groups is 1. The van der Waals surface area contributed by atoms with Gasteiger partial charge in [-0.2, -0.15) is 0 Å². The highest BCUT2D eigenvalue weighted by Gasteiger charge is 2.17. The third kappa shape index (κ3) is 4.68. The summed E-state index contributed by atoms with van der Waals surface area (Å²) in [5.74, 6) is -0.00877. The van der Waals surface area contributed by atoms with Crippen molar-refractivity contribution in [2.45, 2.75) is 13.8 Å². The van der Waals surface area contributed by atoms with E-state index in [9.17, 15) is 18.5 Å². The van der Waals surface area contributed by atoms with E-state index in [0.29, 0.717) is 11.3 Å². The molecule has 0 aliphatic rings. The first-order chi connectivity index (χ1) is 8.75. The van der Waals surface area contributed by atoms with E-state index in [1.54, 1.807) is 13.8 Å². The van der Waals surface area contributed by atoms with Crippen molar-refractivity contribution < 1.29 is 13.3 Å². The number of nitrogens with zero attached hydrogens (tertiary/aromatic N) is 1. The molecule has 8 heteroatoms. The Morgan fingerprint density at radius 3 is 2.58 bits per heavy atom. The van der Waals surface area contributed by atoms with Gasteiger partial charge >= 0.3 is 0 Å². The molecule has 1 N–H and O–H groups in total. The van der Waals surface area contributed by atoms with Crippen LogP contribution in [-0.2, 0) is 10.0 Å². The highest BCUT2D eigenvalue weighted by atomic mass is 35.5. The number of aryl methyl sites for hydroxylation is 1. The predicted molar refractivity (Wildman–Crippen MR) is 75.1 cm³/mol. The fourth-order valence-electron chi connectivity index (χ4n) is 1.56. The van der Waals surface area contributed by atoms with Crippen LogP contribution in [0.15, 0.2) is 18.2 Å². The van der Waals surface area contributed by atoms with Crippen LogP contribution < -0.4 is 4.72 Å². The first-order valence-corrected chi connectivity index (χ1v) is 7.75. The molecule has 0 aliphatic carbocycles. The Hall–Kier alpha value is -1.34. The van der Waals surface area contributed by atoms with Gasteiger partial charge in [0, 0.05) is 23.2 Å². The zero-order chi connectivity index (χ0) is 14.6. The average Bonchev–Trinajstić information content (AvgIpc) is 2.26. The van der Waals surface area contributed by atoms with E-state index in [0.717, 1.165) is 0 Å². The predicted octanol–water partition coefficient (Wildman–Crippen LogP) is 2.52. The quantitative estimate of drug-likeness (QED) is 0.497. The smallest absolute Gasteiger partial charge is 0.272 e. The standard InChI is InChI=1S/C11H15ClN2O4S/c1-8(6-12)7-19(17,18)13-10-3-4-11(14(15)16)9(2)5-10/h3-5,8,13H,6-7H2,1-2H3. The van der Waals surface area contributed by atoms with Gasteiger partial charge in [-0.15, -0.1) is 11.6 Å². The maximum atomic E-state index is 11.8. The number of hydrogen-bond donors (Lipinski definition) is 1. The van der Waals surface area contributed by atoms with E-state index in [1.165, 1.54) is 18.2 Å². The van der Waals surface area contributed by atoms with E-state index < -0.39 is 14.9 Å². The van der Waals surface area contributed by atoms with Gasteiger partial charge in [0.2, 0.25) is 10.0 Å². The molecule has 0 amide bonds. The zero-order valence-corrected chi connectivity index (χ0v) is 12.2. The Morgan fingerprint density at radius 1 is 1.47 bits per heavy atom. The second-order valence-corrected chi connectivity index (χ2v) is 6.48. The van der Waals surface area contributed by atoms with Crippen molar-refractivity contribution in [1.29, 1.82) is 0 Å². The maximum Gasteiger partial charge on any atom is 0.272 e. The normalized spacial score (nSPS) is 13.0. The monoisotopic (exact) mass is 306 g/mol. The van der Waals surface area contributed by atoms with Crippen LogP contribution in [0.1, 0.15) is 12.5 Å². The molecule has 1 aromatic carbocycles. The van der Waals surface area contributed by atoms with Crippen LogP contribution in [-0.4, -0.2) is 25.0 Å². The number of nitro benzene ring substituents is 1. The Kier molecular flexibility index (Phi) is 5.13. The largest absolute Gasteiger partial charge is 0.284 e. The summed E-state index contributed by atoms with van der Waals surface area (Å²) in [5.41, 5.74) is 0.664. The van der Waals surface area contributed by atoms with Crippen molar-refractivity contribution in [1.82, 2.24) is 0 Å². The molecule has 1 rings (SSSR count). The molecular formula is C11H15ClN2O4S. The van der Waals surface area contributed by atoms with Gasteiger partial charge in [0.25, 0.3) is 5.69 Å². The Bertz CT molecular complexity index is 574. The van der Waals surface area contributed by atoms with Crippen LogP contribution in [0, 0.1) is 23.0 Å². The number of benzene rings is 1. The molecule has 0 heterocycles. The van der Waals surface area contributed by atoms with Crippen molar-refractivity contribution >= 4 is 33.0 Å². The van der Waals surface area contributed by atoms with E-state index in [2.05, 4.69) is 4.72 Å². The van der Waals surface area contributed by atoms with Crippen LogP contribution in [0.5, 0.6) is 0 Å². The molecular weight excluding hydrogens is 292 g/mol. The zero-order valence-electron chi connectivity index (χ0n) is 10.6. The Morgan fingerprint density at radius 2 is 2.11 bits per heavy atom. The SMILES string of the molecule is Cc1cc(NS(=O)(=O)CC(C)CCl)ccc1[N+](=O)[O-]. The summed E-state index contributed by atoms with van der Waals surface area (Å²) in [6, 6.07) is 4.08. The van der Waals surface area contributed by atoms with Crippen molar-refractivity contribution in [2.24, 2.45) is 5.92 Å². The van der Waals surface area contributed by atoms with Crippen LogP contribution in [0.2, 0.25) is 0 Å². The fraction of sp³-hybridized carbons (Fsp3) is 0.455. The number of halogens is 1. The second-order valence-electron chi connectivity index (χ2n) is 4.40. The van der Waals surface area contributed by atoms with Crippen molar-refractivity contribution in [3.05, 3.63) is 33.9 Å². The minimum Gasteiger partial charge on any atom is -0.284 e. The molecule has 19 heavy (non-hydrogen) atoms. The minimum absolute atomic E-state index is 0.0444. The second kappa shape index (κ2) is 6.21. The summed E-state index contributed by atoms with van der Waals surface area (Å²) in [6.45, 7) is 3.28. The number of alkyl halides is 1. The van der Waals surface area contributed by atoms with E-state index in [1.807, 2.05) is 0 Å². The lowest BCUT2D eigenvalue weighted by Crippen LogP contribution is -2.22. The molecule has 0 bridgehead atoms. The van der Waals surface area contributed by atoms with E-state index in [4.69, 9.17) is 11.6 Å². The lowest BCUT2D eigenvalue weighted by molar-refractivity contribution is -0.385. The summed E-state index contributed by atoms with van der Waals surface area (Å²) in [4.78, 5) is 10.1. The van der Waals surface area contributed by atoms with Gasteiger partial charge in [-0.1, -0.05) is 6.92 Å². The summed E-state index contributed by atoms with van der Waals surface area (Å²) < 4.78 is 26.0. The third-order valence-corrected chi connectivity index (χ3v) is 4.52. The molecule has 0 fully saturated rings. The number of rotatable bonds is 6. The molecule has 0 aromatic heterocycles. The first-order valence-electron chi connectivity index (χ1n) is 5.56. The molecule has 1 atom stereocenters. The number of hydrogen-bond acceptors (Lipinski definition) is 4. The van der Waals surface area contributed by atoms with E-state index >= 15 is 0 Å². The Labute approximate surface area is 117 Å². The maximum absolute atomic E-state index is 11.8.